The van der Waals surface area contributed by atoms with Crippen LogP contribution in [0.1, 0.15) is 18.2 Å². The van der Waals surface area contributed by atoms with Gasteiger partial charge in [-0.25, -0.2) is 9.97 Å². The third-order valence-corrected chi connectivity index (χ3v) is 3.43. The summed E-state index contributed by atoms with van der Waals surface area (Å²) in [6.45, 7) is 4.31. The van der Waals surface area contributed by atoms with Crippen molar-refractivity contribution in [2.45, 2.75) is 13.8 Å². The molecule has 2 aromatic carbocycles. The molecule has 1 aromatic heterocycles. The van der Waals surface area contributed by atoms with Gasteiger partial charge in [0.25, 0.3) is 0 Å². The summed E-state index contributed by atoms with van der Waals surface area (Å²) in [4.78, 5) is 8.98. The number of phenolic OH excluding ortho intramolecular Hbond substituents is 1. The van der Waals surface area contributed by atoms with Crippen LogP contribution in [0, 0.1) is 6.92 Å². The molecule has 0 atom stereocenters. The standard InChI is InChI=1S/C18H18N4O2/c1-3-24-14-9-8-13(17(23)10-14)11-19-22-18-12(2)20-15-6-4-5-7-16(15)21-18/h4-11,23H,3H2,1-2H3,(H,21,22). The zero-order valence-electron chi connectivity index (χ0n) is 13.5. The molecule has 0 spiro atoms. The molecule has 0 aliphatic rings. The minimum Gasteiger partial charge on any atom is -0.507 e. The normalized spacial score (nSPS) is 11.1. The molecule has 24 heavy (non-hydrogen) atoms. The van der Waals surface area contributed by atoms with Gasteiger partial charge in [0, 0.05) is 11.6 Å². The molecule has 122 valence electrons. The maximum atomic E-state index is 9.98. The largest absolute Gasteiger partial charge is 0.507 e. The molecule has 3 aromatic rings. The topological polar surface area (TPSA) is 79.6 Å². The maximum Gasteiger partial charge on any atom is 0.168 e. The highest BCUT2D eigenvalue weighted by Crippen LogP contribution is 2.22. The molecule has 0 aliphatic heterocycles. The van der Waals surface area contributed by atoms with Crippen LogP contribution in [-0.4, -0.2) is 27.9 Å². The maximum absolute atomic E-state index is 9.98. The smallest absolute Gasteiger partial charge is 0.168 e. The molecule has 6 nitrogen and oxygen atoms in total. The first-order valence-corrected chi connectivity index (χ1v) is 7.65. The first-order valence-electron chi connectivity index (χ1n) is 7.65. The Morgan fingerprint density at radius 3 is 2.62 bits per heavy atom. The van der Waals surface area contributed by atoms with E-state index in [9.17, 15) is 5.11 Å². The molecule has 1 heterocycles. The highest BCUT2D eigenvalue weighted by atomic mass is 16.5. The number of anilines is 1. The predicted octanol–water partition coefficient (Wildman–Crippen LogP) is 3.49. The molecule has 6 heteroatoms. The van der Waals surface area contributed by atoms with Gasteiger partial charge < -0.3 is 9.84 Å². The summed E-state index contributed by atoms with van der Waals surface area (Å²) < 4.78 is 5.33. The van der Waals surface area contributed by atoms with E-state index in [-0.39, 0.29) is 5.75 Å². The average Bonchev–Trinajstić information content (AvgIpc) is 2.57. The average molecular weight is 322 g/mol. The van der Waals surface area contributed by atoms with Crippen LogP contribution in [0.5, 0.6) is 11.5 Å². The van der Waals surface area contributed by atoms with Gasteiger partial charge in [-0.3, -0.25) is 5.43 Å². The van der Waals surface area contributed by atoms with Crippen LogP contribution in [0.2, 0.25) is 0 Å². The minimum atomic E-state index is 0.104. The van der Waals surface area contributed by atoms with Gasteiger partial charge >= 0.3 is 0 Å². The Bertz CT molecular complexity index is 893. The van der Waals surface area contributed by atoms with Crippen molar-refractivity contribution in [1.29, 1.82) is 0 Å². The molecule has 2 N–H and O–H groups in total. The molecule has 0 saturated carbocycles. The van der Waals surface area contributed by atoms with E-state index < -0.39 is 0 Å². The lowest BCUT2D eigenvalue weighted by molar-refractivity contribution is 0.337. The van der Waals surface area contributed by atoms with Crippen molar-refractivity contribution >= 4 is 23.1 Å². The first-order chi connectivity index (χ1) is 11.7. The van der Waals surface area contributed by atoms with Crippen molar-refractivity contribution < 1.29 is 9.84 Å². The summed E-state index contributed by atoms with van der Waals surface area (Å²) in [7, 11) is 0. The zero-order valence-corrected chi connectivity index (χ0v) is 13.5. The fraction of sp³-hybridized carbons (Fsp3) is 0.167. The molecule has 0 bridgehead atoms. The number of rotatable bonds is 5. The number of phenols is 1. The summed E-state index contributed by atoms with van der Waals surface area (Å²) in [6, 6.07) is 12.7. The highest BCUT2D eigenvalue weighted by molar-refractivity contribution is 5.84. The molecule has 0 radical (unpaired) electrons. The van der Waals surface area contributed by atoms with E-state index in [0.717, 1.165) is 16.7 Å². The van der Waals surface area contributed by atoms with E-state index in [1.807, 2.05) is 38.1 Å². The fourth-order valence-corrected chi connectivity index (χ4v) is 2.25. The lowest BCUT2D eigenvalue weighted by Gasteiger charge is -2.06. The van der Waals surface area contributed by atoms with Crippen LogP contribution in [0.25, 0.3) is 11.0 Å². The SMILES string of the molecule is CCOc1ccc(C=NNc2nc3ccccc3nc2C)c(O)c1. The Balaban J connectivity index is 1.78. The lowest BCUT2D eigenvalue weighted by atomic mass is 10.2. The highest BCUT2D eigenvalue weighted by Gasteiger charge is 2.04. The third kappa shape index (κ3) is 3.43. The second-order valence-corrected chi connectivity index (χ2v) is 5.17. The molecule has 0 amide bonds. The molecular weight excluding hydrogens is 304 g/mol. The van der Waals surface area contributed by atoms with E-state index in [2.05, 4.69) is 20.5 Å². The summed E-state index contributed by atoms with van der Waals surface area (Å²) in [5.41, 5.74) is 5.84. The number of aromatic hydroxyl groups is 1. The Labute approximate surface area is 139 Å². The van der Waals surface area contributed by atoms with Crippen LogP contribution in [0.15, 0.2) is 47.6 Å². The zero-order chi connectivity index (χ0) is 16.9. The number of para-hydroxylation sites is 2. The van der Waals surface area contributed by atoms with Gasteiger partial charge in [-0.1, -0.05) is 12.1 Å². The van der Waals surface area contributed by atoms with Crippen molar-refractivity contribution in [3.63, 3.8) is 0 Å². The van der Waals surface area contributed by atoms with Gasteiger partial charge in [0.1, 0.15) is 11.5 Å². The molecule has 3 rings (SSSR count). The van der Waals surface area contributed by atoms with Gasteiger partial charge in [0.15, 0.2) is 5.82 Å². The molecular formula is C18H18N4O2. The van der Waals surface area contributed by atoms with Crippen LogP contribution in [0.4, 0.5) is 5.82 Å². The molecule has 0 saturated heterocycles. The summed E-state index contributed by atoms with van der Waals surface area (Å²) >= 11 is 0. The number of aromatic nitrogens is 2. The monoisotopic (exact) mass is 322 g/mol. The van der Waals surface area contributed by atoms with Gasteiger partial charge in [-0.15, -0.1) is 0 Å². The van der Waals surface area contributed by atoms with Gasteiger partial charge in [-0.2, -0.15) is 5.10 Å². The number of hydrogen-bond donors (Lipinski definition) is 2. The molecule has 0 aliphatic carbocycles. The number of aryl methyl sites for hydroxylation is 1. The molecule has 0 unspecified atom stereocenters. The number of benzene rings is 2. The predicted molar refractivity (Wildman–Crippen MR) is 94.8 cm³/mol. The van der Waals surface area contributed by atoms with Gasteiger partial charge in [0.05, 0.1) is 29.5 Å². The minimum absolute atomic E-state index is 0.104. The van der Waals surface area contributed by atoms with Crippen molar-refractivity contribution in [3.8, 4) is 11.5 Å². The van der Waals surface area contributed by atoms with Crippen LogP contribution in [-0.2, 0) is 0 Å². The Morgan fingerprint density at radius 2 is 1.92 bits per heavy atom. The summed E-state index contributed by atoms with van der Waals surface area (Å²) in [5, 5.41) is 14.1. The Morgan fingerprint density at radius 1 is 1.17 bits per heavy atom. The van der Waals surface area contributed by atoms with E-state index in [0.29, 0.717) is 23.7 Å². The second-order valence-electron chi connectivity index (χ2n) is 5.17. The van der Waals surface area contributed by atoms with Gasteiger partial charge in [0.2, 0.25) is 0 Å². The summed E-state index contributed by atoms with van der Waals surface area (Å²) in [5.74, 6) is 1.31. The van der Waals surface area contributed by atoms with E-state index in [1.54, 1.807) is 18.2 Å². The van der Waals surface area contributed by atoms with Crippen LogP contribution >= 0.6 is 0 Å². The van der Waals surface area contributed by atoms with Crippen LogP contribution in [0.3, 0.4) is 0 Å². The first kappa shape index (κ1) is 15.7. The molecule has 0 fully saturated rings. The Kier molecular flexibility index (Phi) is 4.56. The van der Waals surface area contributed by atoms with Gasteiger partial charge in [-0.05, 0) is 38.1 Å². The number of hydrogen-bond acceptors (Lipinski definition) is 6. The Hall–Kier alpha value is -3.15. The van der Waals surface area contributed by atoms with E-state index in [1.165, 1.54) is 6.21 Å². The van der Waals surface area contributed by atoms with Crippen molar-refractivity contribution in [2.24, 2.45) is 5.10 Å². The quantitative estimate of drug-likeness (QED) is 0.555. The second kappa shape index (κ2) is 6.95. The summed E-state index contributed by atoms with van der Waals surface area (Å²) in [6.07, 6.45) is 1.53. The van der Waals surface area contributed by atoms with Crippen molar-refractivity contribution in [3.05, 3.63) is 53.7 Å². The van der Waals surface area contributed by atoms with E-state index >= 15 is 0 Å². The van der Waals surface area contributed by atoms with Crippen molar-refractivity contribution in [1.82, 2.24) is 9.97 Å². The number of ether oxygens (including phenoxy) is 1. The number of nitrogens with zero attached hydrogens (tertiary/aromatic N) is 3. The van der Waals surface area contributed by atoms with Crippen LogP contribution < -0.4 is 10.2 Å². The van der Waals surface area contributed by atoms with Crippen molar-refractivity contribution in [2.75, 3.05) is 12.0 Å². The number of nitrogens with one attached hydrogen (secondary N) is 1. The fourth-order valence-electron chi connectivity index (χ4n) is 2.25. The number of hydrazone groups is 1. The number of fused-ring (bicyclic) bond motifs is 1. The third-order valence-electron chi connectivity index (χ3n) is 3.43. The van der Waals surface area contributed by atoms with E-state index in [4.69, 9.17) is 4.74 Å². The lowest BCUT2D eigenvalue weighted by Crippen LogP contribution is -1.99.